The van der Waals surface area contributed by atoms with Gasteiger partial charge in [0.25, 0.3) is 5.91 Å². The molecule has 0 unspecified atom stereocenters. The maximum atomic E-state index is 13.6. The number of likely N-dealkylation sites (N-methyl/N-ethyl adjacent to an activating group) is 1. The van der Waals surface area contributed by atoms with E-state index in [1.807, 2.05) is 51.9 Å². The molecule has 3 rings (SSSR count). The zero-order valence-corrected chi connectivity index (χ0v) is 23.3. The Hall–Kier alpha value is -2.04. The minimum Gasteiger partial charge on any atom is -0.308 e. The summed E-state index contributed by atoms with van der Waals surface area (Å²) >= 11 is 7.64. The number of halogens is 1. The van der Waals surface area contributed by atoms with Crippen LogP contribution < -0.4 is 4.90 Å². The van der Waals surface area contributed by atoms with Gasteiger partial charge in [-0.05, 0) is 69.4 Å². The number of nitrogens with zero attached hydrogens (tertiary/aromatic N) is 4. The molecule has 190 valence electrons. The summed E-state index contributed by atoms with van der Waals surface area (Å²) in [6.07, 6.45) is 1.72. The molecule has 35 heavy (non-hydrogen) atoms. The number of amides is 1. The van der Waals surface area contributed by atoms with Crippen LogP contribution in [0, 0.1) is 6.92 Å². The number of hydrogen-bond acceptors (Lipinski definition) is 6. The summed E-state index contributed by atoms with van der Waals surface area (Å²) in [5.74, 6) is -0.225. The minimum absolute atomic E-state index is 0.192. The average molecular weight is 537 g/mol. The third kappa shape index (κ3) is 6.40. The zero-order valence-electron chi connectivity index (χ0n) is 20.9. The monoisotopic (exact) mass is 536 g/mol. The number of sulfonamides is 1. The second-order valence-corrected chi connectivity index (χ2v) is 12.1. The Morgan fingerprint density at radius 2 is 1.74 bits per heavy atom. The quantitative estimate of drug-likeness (QED) is 0.333. The van der Waals surface area contributed by atoms with Crippen LogP contribution in [-0.2, 0) is 10.0 Å². The Kier molecular flexibility index (Phi) is 9.28. The molecule has 3 aromatic rings. The highest BCUT2D eigenvalue weighted by Gasteiger charge is 2.25. The molecule has 0 N–H and O–H groups in total. The van der Waals surface area contributed by atoms with Crippen LogP contribution in [0.25, 0.3) is 10.2 Å². The van der Waals surface area contributed by atoms with Crippen LogP contribution in [0.5, 0.6) is 0 Å². The highest BCUT2D eigenvalue weighted by molar-refractivity contribution is 7.89. The maximum absolute atomic E-state index is 13.6. The van der Waals surface area contributed by atoms with Crippen LogP contribution in [-0.4, -0.2) is 68.8 Å². The van der Waals surface area contributed by atoms with Gasteiger partial charge in [0.2, 0.25) is 10.0 Å². The van der Waals surface area contributed by atoms with Crippen LogP contribution in [0.15, 0.2) is 41.3 Å². The number of carbonyl (C=O) groups is 1. The van der Waals surface area contributed by atoms with Gasteiger partial charge in [-0.3, -0.25) is 9.69 Å². The number of fused-ring (bicyclic) bond motifs is 1. The van der Waals surface area contributed by atoms with E-state index in [-0.39, 0.29) is 10.8 Å². The van der Waals surface area contributed by atoms with Crippen LogP contribution in [0.4, 0.5) is 5.13 Å². The molecule has 0 saturated heterocycles. The number of carbonyl (C=O) groups excluding carboxylic acids is 1. The molecule has 0 aliphatic heterocycles. The van der Waals surface area contributed by atoms with Crippen molar-refractivity contribution in [1.82, 2.24) is 14.2 Å². The van der Waals surface area contributed by atoms with Gasteiger partial charge in [0.15, 0.2) is 5.13 Å². The Bertz CT molecular complexity index is 1270. The Labute approximate surface area is 217 Å². The summed E-state index contributed by atoms with van der Waals surface area (Å²) in [4.78, 5) is 22.2. The highest BCUT2D eigenvalue weighted by atomic mass is 35.5. The molecule has 0 radical (unpaired) electrons. The van der Waals surface area contributed by atoms with Gasteiger partial charge in [0.05, 0.1) is 15.1 Å². The number of benzene rings is 2. The molecule has 2 aromatic carbocycles. The van der Waals surface area contributed by atoms with Crippen LogP contribution >= 0.6 is 22.9 Å². The van der Waals surface area contributed by atoms with Gasteiger partial charge in [-0.2, -0.15) is 4.31 Å². The number of rotatable bonds is 11. The lowest BCUT2D eigenvalue weighted by Gasteiger charge is -2.23. The largest absolute Gasteiger partial charge is 0.308 e. The molecule has 1 heterocycles. The van der Waals surface area contributed by atoms with E-state index >= 15 is 0 Å². The summed E-state index contributed by atoms with van der Waals surface area (Å²) in [6, 6.07) is 9.92. The van der Waals surface area contributed by atoms with Gasteiger partial charge in [0, 0.05) is 36.8 Å². The van der Waals surface area contributed by atoms with Crippen molar-refractivity contribution in [2.24, 2.45) is 0 Å². The fourth-order valence-electron chi connectivity index (χ4n) is 3.70. The van der Waals surface area contributed by atoms with Crippen molar-refractivity contribution in [3.05, 3.63) is 52.5 Å². The van der Waals surface area contributed by atoms with E-state index in [2.05, 4.69) is 0 Å². The van der Waals surface area contributed by atoms with E-state index in [4.69, 9.17) is 16.6 Å². The summed E-state index contributed by atoms with van der Waals surface area (Å²) in [5.41, 5.74) is 2.19. The topological polar surface area (TPSA) is 73.8 Å². The van der Waals surface area contributed by atoms with Gasteiger partial charge in [-0.15, -0.1) is 0 Å². The van der Waals surface area contributed by atoms with Gasteiger partial charge in [-0.1, -0.05) is 43.2 Å². The van der Waals surface area contributed by atoms with Gasteiger partial charge in [-0.25, -0.2) is 13.4 Å². The first-order valence-corrected chi connectivity index (χ1v) is 14.3. The number of unbranched alkanes of at least 4 members (excludes halogenated alkanes) is 1. The summed E-state index contributed by atoms with van der Waals surface area (Å²) < 4.78 is 28.5. The van der Waals surface area contributed by atoms with E-state index in [0.29, 0.717) is 41.9 Å². The third-order valence-corrected chi connectivity index (χ3v) is 8.97. The number of thiazole rings is 1. The zero-order chi connectivity index (χ0) is 25.8. The summed E-state index contributed by atoms with van der Waals surface area (Å²) in [7, 11) is 0.287. The van der Waals surface area contributed by atoms with Crippen LogP contribution in [0.3, 0.4) is 0 Å². The molecular formula is C25H33ClN4O3S2. The number of hydrogen-bond donors (Lipinski definition) is 0. The Morgan fingerprint density at radius 1 is 1.06 bits per heavy atom. The van der Waals surface area contributed by atoms with Gasteiger partial charge >= 0.3 is 0 Å². The van der Waals surface area contributed by atoms with E-state index in [9.17, 15) is 13.2 Å². The SMILES string of the molecule is CCCCN(CC)S(=O)(=O)c1ccc(C(=O)N(CCN(C)C)c2nc3c(C)cc(Cl)cc3s2)cc1. The van der Waals surface area contributed by atoms with Crippen molar-refractivity contribution >= 4 is 54.2 Å². The summed E-state index contributed by atoms with van der Waals surface area (Å²) in [5, 5.41) is 1.22. The van der Waals surface area contributed by atoms with Crippen molar-refractivity contribution in [3.8, 4) is 0 Å². The van der Waals surface area contributed by atoms with Crippen molar-refractivity contribution in [3.63, 3.8) is 0 Å². The first-order valence-electron chi connectivity index (χ1n) is 11.7. The predicted molar refractivity (Wildman–Crippen MR) is 145 cm³/mol. The molecule has 0 atom stereocenters. The second kappa shape index (κ2) is 11.8. The highest BCUT2D eigenvalue weighted by Crippen LogP contribution is 2.33. The molecule has 0 aliphatic carbocycles. The van der Waals surface area contributed by atoms with Crippen molar-refractivity contribution in [2.45, 2.75) is 38.5 Å². The number of aryl methyl sites for hydroxylation is 1. The van der Waals surface area contributed by atoms with Crippen molar-refractivity contribution < 1.29 is 13.2 Å². The number of anilines is 1. The average Bonchev–Trinajstić information content (AvgIpc) is 3.23. The molecular weight excluding hydrogens is 504 g/mol. The molecule has 7 nitrogen and oxygen atoms in total. The molecule has 10 heteroatoms. The maximum Gasteiger partial charge on any atom is 0.260 e. The van der Waals surface area contributed by atoms with E-state index in [1.54, 1.807) is 17.0 Å². The Balaban J connectivity index is 1.93. The van der Waals surface area contributed by atoms with Crippen LogP contribution in [0.1, 0.15) is 42.6 Å². The fourth-order valence-corrected chi connectivity index (χ4v) is 6.63. The smallest absolute Gasteiger partial charge is 0.260 e. The second-order valence-electron chi connectivity index (χ2n) is 8.70. The fraction of sp³-hybridized carbons (Fsp3) is 0.440. The lowest BCUT2D eigenvalue weighted by Crippen LogP contribution is -2.36. The molecule has 0 bridgehead atoms. The van der Waals surface area contributed by atoms with Gasteiger partial charge in [0.1, 0.15) is 0 Å². The Morgan fingerprint density at radius 3 is 2.34 bits per heavy atom. The van der Waals surface area contributed by atoms with Crippen molar-refractivity contribution in [1.29, 1.82) is 0 Å². The molecule has 0 fully saturated rings. The van der Waals surface area contributed by atoms with Crippen LogP contribution in [0.2, 0.25) is 5.02 Å². The molecule has 1 amide bonds. The first-order chi connectivity index (χ1) is 16.6. The third-order valence-electron chi connectivity index (χ3n) is 5.74. The normalized spacial score (nSPS) is 12.1. The molecule has 0 spiro atoms. The molecule has 0 saturated carbocycles. The first kappa shape index (κ1) is 27.5. The predicted octanol–water partition coefficient (Wildman–Crippen LogP) is 5.28. The molecule has 0 aliphatic rings. The summed E-state index contributed by atoms with van der Waals surface area (Å²) in [6.45, 7) is 7.79. The van der Waals surface area contributed by atoms with Crippen molar-refractivity contribution in [2.75, 3.05) is 45.2 Å². The van der Waals surface area contributed by atoms with Gasteiger partial charge < -0.3 is 4.90 Å². The number of aromatic nitrogens is 1. The standard InChI is InChI=1S/C25H33ClN4O3S2/c1-6-8-13-29(7-2)35(32,33)21-11-9-19(10-12-21)24(31)30(15-14-28(4)5)25-27-23-18(3)16-20(26)17-22(23)34-25/h9-12,16-17H,6-8,13-15H2,1-5H3. The van der Waals surface area contributed by atoms with E-state index < -0.39 is 10.0 Å². The minimum atomic E-state index is -3.61. The van der Waals surface area contributed by atoms with E-state index in [0.717, 1.165) is 28.6 Å². The lowest BCUT2D eigenvalue weighted by atomic mass is 10.2. The lowest BCUT2D eigenvalue weighted by molar-refractivity contribution is 0.0985. The molecule has 1 aromatic heterocycles. The van der Waals surface area contributed by atoms with E-state index in [1.165, 1.54) is 27.8 Å².